The first-order chi connectivity index (χ1) is 19.5. The molecule has 204 valence electrons. The van der Waals surface area contributed by atoms with Gasteiger partial charge in [-0.15, -0.1) is 0 Å². The van der Waals surface area contributed by atoms with Crippen LogP contribution in [-0.2, 0) is 11.4 Å². The van der Waals surface area contributed by atoms with Gasteiger partial charge in [-0.2, -0.15) is 5.10 Å². The second-order valence-corrected chi connectivity index (χ2v) is 8.66. The van der Waals surface area contributed by atoms with Gasteiger partial charge in [-0.3, -0.25) is 4.79 Å². The quantitative estimate of drug-likeness (QED) is 0.106. The molecule has 8 heteroatoms. The SMILES string of the molecule is CCOc1ccc(C(=O)Oc2ccc(/C=N/NC(=O)C(C)Oc3ccc(OCc4ccccc4)cc3)cc2)cc1. The summed E-state index contributed by atoms with van der Waals surface area (Å²) >= 11 is 0. The largest absolute Gasteiger partial charge is 0.494 e. The Balaban J connectivity index is 1.20. The summed E-state index contributed by atoms with van der Waals surface area (Å²) < 4.78 is 22.3. The van der Waals surface area contributed by atoms with Crippen molar-refractivity contribution >= 4 is 18.1 Å². The lowest BCUT2D eigenvalue weighted by Crippen LogP contribution is -2.33. The zero-order chi connectivity index (χ0) is 28.2. The Hall–Kier alpha value is -5.11. The molecule has 0 spiro atoms. The van der Waals surface area contributed by atoms with Crippen LogP contribution in [0.1, 0.15) is 35.3 Å². The number of amides is 1. The molecule has 1 amide bonds. The Bertz CT molecular complexity index is 1400. The molecule has 4 aromatic rings. The molecule has 8 nitrogen and oxygen atoms in total. The molecule has 40 heavy (non-hydrogen) atoms. The van der Waals surface area contributed by atoms with Crippen molar-refractivity contribution in [1.29, 1.82) is 0 Å². The molecule has 1 atom stereocenters. The number of carbonyl (C=O) groups is 2. The van der Waals surface area contributed by atoms with Crippen LogP contribution >= 0.6 is 0 Å². The molecule has 0 bridgehead atoms. The first-order valence-electron chi connectivity index (χ1n) is 12.8. The number of rotatable bonds is 12. The summed E-state index contributed by atoms with van der Waals surface area (Å²) in [6.45, 7) is 4.55. The summed E-state index contributed by atoms with van der Waals surface area (Å²) in [6, 6.07) is 30.4. The number of hydrogen-bond donors (Lipinski definition) is 1. The molecule has 0 aromatic heterocycles. The number of nitrogens with zero attached hydrogens (tertiary/aromatic N) is 1. The Kier molecular flexibility index (Phi) is 9.88. The highest BCUT2D eigenvalue weighted by molar-refractivity contribution is 5.91. The molecule has 4 aromatic carbocycles. The summed E-state index contributed by atoms with van der Waals surface area (Å²) in [5, 5.41) is 3.99. The number of nitrogens with one attached hydrogen (secondary N) is 1. The lowest BCUT2D eigenvalue weighted by Gasteiger charge is -2.13. The first kappa shape index (κ1) is 27.9. The van der Waals surface area contributed by atoms with E-state index in [1.807, 2.05) is 37.3 Å². The van der Waals surface area contributed by atoms with Crippen molar-refractivity contribution in [2.45, 2.75) is 26.6 Å². The lowest BCUT2D eigenvalue weighted by molar-refractivity contribution is -0.127. The van der Waals surface area contributed by atoms with Gasteiger partial charge in [0, 0.05) is 0 Å². The number of esters is 1. The van der Waals surface area contributed by atoms with Crippen molar-refractivity contribution in [2.24, 2.45) is 5.10 Å². The molecule has 0 aliphatic rings. The van der Waals surface area contributed by atoms with E-state index < -0.39 is 18.0 Å². The van der Waals surface area contributed by atoms with Gasteiger partial charge in [0.25, 0.3) is 5.91 Å². The average molecular weight is 539 g/mol. The third-order valence-electron chi connectivity index (χ3n) is 5.63. The van der Waals surface area contributed by atoms with E-state index in [1.165, 1.54) is 6.21 Å². The standard InChI is InChI=1S/C32H30N2O6/c1-3-37-27-15-11-26(12-16-27)32(36)40-30-13-9-24(10-14-30)21-33-34-31(35)23(2)39-29-19-17-28(18-20-29)38-22-25-7-5-4-6-8-25/h4-21,23H,3,22H2,1-2H3,(H,34,35)/b33-21+. The van der Waals surface area contributed by atoms with Crippen molar-refractivity contribution in [3.8, 4) is 23.0 Å². The van der Waals surface area contributed by atoms with Gasteiger partial charge >= 0.3 is 5.97 Å². The highest BCUT2D eigenvalue weighted by atomic mass is 16.5. The van der Waals surface area contributed by atoms with E-state index in [9.17, 15) is 9.59 Å². The highest BCUT2D eigenvalue weighted by Crippen LogP contribution is 2.20. The third kappa shape index (κ3) is 8.46. The topological polar surface area (TPSA) is 95.5 Å². The van der Waals surface area contributed by atoms with Gasteiger partial charge in [0.05, 0.1) is 18.4 Å². The van der Waals surface area contributed by atoms with E-state index in [0.29, 0.717) is 47.3 Å². The van der Waals surface area contributed by atoms with Gasteiger partial charge < -0.3 is 18.9 Å². The minimum Gasteiger partial charge on any atom is -0.494 e. The monoisotopic (exact) mass is 538 g/mol. The minimum atomic E-state index is -0.766. The van der Waals surface area contributed by atoms with Gasteiger partial charge in [0.1, 0.15) is 29.6 Å². The predicted octanol–water partition coefficient (Wildman–Crippen LogP) is 5.80. The summed E-state index contributed by atoms with van der Waals surface area (Å²) in [4.78, 5) is 24.7. The zero-order valence-electron chi connectivity index (χ0n) is 22.3. The maximum absolute atomic E-state index is 12.4. The molecular weight excluding hydrogens is 508 g/mol. The van der Waals surface area contributed by atoms with Crippen LogP contribution in [0.2, 0.25) is 0 Å². The summed E-state index contributed by atoms with van der Waals surface area (Å²) in [5.41, 5.74) is 4.67. The number of benzene rings is 4. The fourth-order valence-electron chi connectivity index (χ4n) is 3.52. The van der Waals surface area contributed by atoms with Crippen LogP contribution in [0.15, 0.2) is 108 Å². The van der Waals surface area contributed by atoms with Crippen molar-refractivity contribution < 1.29 is 28.5 Å². The smallest absolute Gasteiger partial charge is 0.343 e. The van der Waals surface area contributed by atoms with Gasteiger partial charge in [0.2, 0.25) is 0 Å². The van der Waals surface area contributed by atoms with Crippen molar-refractivity contribution in [2.75, 3.05) is 6.61 Å². The average Bonchev–Trinajstić information content (AvgIpc) is 2.98. The molecular formula is C32H30N2O6. The summed E-state index contributed by atoms with van der Waals surface area (Å²) in [7, 11) is 0. The second kappa shape index (κ2) is 14.2. The molecule has 1 N–H and O–H groups in total. The number of ether oxygens (including phenoxy) is 4. The maximum atomic E-state index is 12.4. The van der Waals surface area contributed by atoms with E-state index in [-0.39, 0.29) is 0 Å². The van der Waals surface area contributed by atoms with E-state index in [2.05, 4.69) is 10.5 Å². The first-order valence-corrected chi connectivity index (χ1v) is 12.8. The minimum absolute atomic E-state index is 0.388. The van der Waals surface area contributed by atoms with E-state index in [4.69, 9.17) is 18.9 Å². The Labute approximate surface area is 233 Å². The van der Waals surface area contributed by atoms with E-state index in [1.54, 1.807) is 79.7 Å². The van der Waals surface area contributed by atoms with Crippen LogP contribution in [-0.4, -0.2) is 30.8 Å². The summed E-state index contributed by atoms with van der Waals surface area (Å²) in [5.74, 6) is 1.44. The molecule has 4 rings (SSSR count). The molecule has 0 aliphatic heterocycles. The van der Waals surface area contributed by atoms with Crippen LogP contribution in [0.25, 0.3) is 0 Å². The molecule has 0 radical (unpaired) electrons. The summed E-state index contributed by atoms with van der Waals surface area (Å²) in [6.07, 6.45) is 0.722. The fourth-order valence-corrected chi connectivity index (χ4v) is 3.52. The van der Waals surface area contributed by atoms with Gasteiger partial charge in [-0.25, -0.2) is 10.2 Å². The van der Waals surface area contributed by atoms with Crippen LogP contribution in [0, 0.1) is 0 Å². The molecule has 0 saturated carbocycles. The predicted molar refractivity (Wildman–Crippen MR) is 152 cm³/mol. The normalized spacial score (nSPS) is 11.4. The third-order valence-corrected chi connectivity index (χ3v) is 5.63. The highest BCUT2D eigenvalue weighted by Gasteiger charge is 2.14. The zero-order valence-corrected chi connectivity index (χ0v) is 22.3. The van der Waals surface area contributed by atoms with Gasteiger partial charge in [0.15, 0.2) is 6.10 Å². The fraction of sp³-hybridized carbons (Fsp3) is 0.156. The Morgan fingerprint density at radius 2 is 1.38 bits per heavy atom. The Morgan fingerprint density at radius 3 is 2.05 bits per heavy atom. The molecule has 0 heterocycles. The maximum Gasteiger partial charge on any atom is 0.343 e. The molecule has 0 aliphatic carbocycles. The van der Waals surface area contributed by atoms with E-state index >= 15 is 0 Å². The molecule has 0 fully saturated rings. The van der Waals surface area contributed by atoms with E-state index in [0.717, 1.165) is 5.56 Å². The van der Waals surface area contributed by atoms with Gasteiger partial charge in [-0.1, -0.05) is 30.3 Å². The molecule has 0 saturated heterocycles. The van der Waals surface area contributed by atoms with Crippen LogP contribution in [0.5, 0.6) is 23.0 Å². The lowest BCUT2D eigenvalue weighted by atomic mass is 10.2. The second-order valence-electron chi connectivity index (χ2n) is 8.66. The van der Waals surface area contributed by atoms with Crippen LogP contribution in [0.3, 0.4) is 0 Å². The number of carbonyl (C=O) groups excluding carboxylic acids is 2. The molecule has 1 unspecified atom stereocenters. The van der Waals surface area contributed by atoms with Crippen LogP contribution in [0.4, 0.5) is 0 Å². The van der Waals surface area contributed by atoms with Crippen molar-refractivity contribution in [3.63, 3.8) is 0 Å². The van der Waals surface area contributed by atoms with Crippen molar-refractivity contribution in [3.05, 3.63) is 120 Å². The number of hydrogen-bond acceptors (Lipinski definition) is 7. The van der Waals surface area contributed by atoms with Crippen LogP contribution < -0.4 is 24.4 Å². The van der Waals surface area contributed by atoms with Gasteiger partial charge in [-0.05, 0) is 97.8 Å². The van der Waals surface area contributed by atoms with Crippen molar-refractivity contribution in [1.82, 2.24) is 5.43 Å². The Morgan fingerprint density at radius 1 is 0.775 bits per heavy atom. The number of hydrazone groups is 1.